The van der Waals surface area contributed by atoms with Gasteiger partial charge in [0.05, 0.1) is 24.3 Å². The molecular weight excluding hydrogens is 354 g/mol. The smallest absolute Gasteiger partial charge is 0.272 e. The number of hydrogen-bond acceptors (Lipinski definition) is 4. The first-order valence-corrected chi connectivity index (χ1v) is 9.04. The Bertz CT molecular complexity index is 923. The number of rotatable bonds is 4. The minimum absolute atomic E-state index is 0.329. The van der Waals surface area contributed by atoms with Gasteiger partial charge in [0, 0.05) is 16.7 Å². The number of carbonyl (C=O) groups is 2. The fraction of sp³-hybridized carbons (Fsp3) is 0.318. The molecule has 0 heterocycles. The molecule has 0 bridgehead atoms. The number of ether oxygens (including phenoxy) is 1. The van der Waals surface area contributed by atoms with E-state index in [2.05, 4.69) is 5.43 Å². The topological polar surface area (TPSA) is 82.4 Å². The summed E-state index contributed by atoms with van der Waals surface area (Å²) < 4.78 is 5.35. The maximum Gasteiger partial charge on any atom is 0.272 e. The van der Waals surface area contributed by atoms with Gasteiger partial charge in [-0.25, -0.2) is 5.01 Å². The fourth-order valence-corrected chi connectivity index (χ4v) is 2.87. The van der Waals surface area contributed by atoms with Crippen LogP contribution in [-0.4, -0.2) is 29.5 Å². The predicted octanol–water partition coefficient (Wildman–Crippen LogP) is 3.71. The van der Waals surface area contributed by atoms with Gasteiger partial charge >= 0.3 is 0 Å². The molecule has 146 valence electrons. The molecule has 2 amide bonds. The van der Waals surface area contributed by atoms with Crippen molar-refractivity contribution in [3.05, 3.63) is 64.7 Å². The number of amides is 2. The third-order valence-corrected chi connectivity index (χ3v) is 4.28. The highest BCUT2D eigenvalue weighted by atomic mass is 16.5. The van der Waals surface area contributed by atoms with Gasteiger partial charge in [0.2, 0.25) is 0 Å². The molecule has 2 aromatic rings. The van der Waals surface area contributed by atoms with Gasteiger partial charge in [0.25, 0.3) is 11.8 Å². The second-order valence-electron chi connectivity index (χ2n) is 7.28. The highest BCUT2D eigenvalue weighted by Crippen LogP contribution is 2.24. The van der Waals surface area contributed by atoms with Gasteiger partial charge in [-0.1, -0.05) is 19.1 Å². The molecule has 0 radical (unpaired) electrons. The first-order valence-electron chi connectivity index (χ1n) is 9.04. The predicted molar refractivity (Wildman–Crippen MR) is 107 cm³/mol. The van der Waals surface area contributed by atoms with Crippen LogP contribution in [-0.2, 0) is 6.42 Å². The molecule has 2 aromatic carbocycles. The van der Waals surface area contributed by atoms with Crippen molar-refractivity contribution >= 4 is 11.8 Å². The number of carbonyl (C=O) groups excluding carboxylic acids is 2. The normalized spacial score (nSPS) is 10.7. The number of benzene rings is 2. The molecule has 6 heteroatoms. The molecule has 0 unspecified atom stereocenters. The molecular formula is C22H25N3O3. The molecule has 0 aromatic heterocycles. The highest BCUT2D eigenvalue weighted by molar-refractivity contribution is 6.00. The van der Waals surface area contributed by atoms with E-state index in [1.54, 1.807) is 43.5 Å². The van der Waals surface area contributed by atoms with Gasteiger partial charge in [-0.15, -0.1) is 0 Å². The minimum Gasteiger partial charge on any atom is -0.496 e. The van der Waals surface area contributed by atoms with Crippen molar-refractivity contribution in [1.29, 1.82) is 5.26 Å². The van der Waals surface area contributed by atoms with Crippen molar-refractivity contribution in [2.24, 2.45) is 0 Å². The Morgan fingerprint density at radius 3 is 2.43 bits per heavy atom. The van der Waals surface area contributed by atoms with Gasteiger partial charge in [0.1, 0.15) is 5.75 Å². The summed E-state index contributed by atoms with van der Waals surface area (Å²) >= 11 is 0. The standard InChI is InChI=1S/C22H25N3O3/c1-6-17-18(11-8-12-19(17)28-5)20(26)24-25(22(2,3)4)21(27)16-10-7-9-15(13-16)14-23/h7-13H,6H2,1-5H3,(H,24,26). The maximum atomic E-state index is 13.1. The minimum atomic E-state index is -0.680. The van der Waals surface area contributed by atoms with E-state index in [0.717, 1.165) is 5.56 Å². The first kappa shape index (κ1) is 21.0. The van der Waals surface area contributed by atoms with Crippen molar-refractivity contribution in [2.75, 3.05) is 7.11 Å². The van der Waals surface area contributed by atoms with Crippen LogP contribution in [0.1, 0.15) is 59.5 Å². The largest absolute Gasteiger partial charge is 0.496 e. The average Bonchev–Trinajstić information content (AvgIpc) is 2.69. The third kappa shape index (κ3) is 4.49. The number of methoxy groups -OCH3 is 1. The van der Waals surface area contributed by atoms with E-state index in [1.165, 1.54) is 11.1 Å². The quantitative estimate of drug-likeness (QED) is 0.821. The number of hydrazine groups is 1. The molecule has 0 saturated carbocycles. The maximum absolute atomic E-state index is 13.1. The molecule has 0 fully saturated rings. The van der Waals surface area contributed by atoms with Gasteiger partial charge in [-0.05, 0) is 57.5 Å². The highest BCUT2D eigenvalue weighted by Gasteiger charge is 2.30. The molecule has 0 saturated heterocycles. The number of hydrogen-bond donors (Lipinski definition) is 1. The van der Waals surface area contributed by atoms with Gasteiger partial charge in [-0.2, -0.15) is 5.26 Å². The summed E-state index contributed by atoms with van der Waals surface area (Å²) in [5.74, 6) is -0.153. The Kier molecular flexibility index (Phi) is 6.42. The Hall–Kier alpha value is -3.33. The Morgan fingerprint density at radius 2 is 1.86 bits per heavy atom. The van der Waals surface area contributed by atoms with E-state index in [1.807, 2.05) is 33.8 Å². The number of nitrogens with one attached hydrogen (secondary N) is 1. The second kappa shape index (κ2) is 8.57. The van der Waals surface area contributed by atoms with Crippen molar-refractivity contribution in [2.45, 2.75) is 39.7 Å². The van der Waals surface area contributed by atoms with E-state index in [4.69, 9.17) is 10.00 Å². The van der Waals surface area contributed by atoms with Crippen LogP contribution in [0.2, 0.25) is 0 Å². The molecule has 0 aliphatic carbocycles. The van der Waals surface area contributed by atoms with Crippen LogP contribution in [0.3, 0.4) is 0 Å². The number of nitrogens with zero attached hydrogens (tertiary/aromatic N) is 2. The second-order valence-corrected chi connectivity index (χ2v) is 7.28. The lowest BCUT2D eigenvalue weighted by Crippen LogP contribution is -2.56. The van der Waals surface area contributed by atoms with E-state index < -0.39 is 11.4 Å². The fourth-order valence-electron chi connectivity index (χ4n) is 2.87. The van der Waals surface area contributed by atoms with Gasteiger partial charge in [0.15, 0.2) is 0 Å². The molecule has 0 spiro atoms. The first-order chi connectivity index (χ1) is 13.2. The van der Waals surface area contributed by atoms with Crippen molar-refractivity contribution < 1.29 is 14.3 Å². The van der Waals surface area contributed by atoms with Crippen LogP contribution in [0.15, 0.2) is 42.5 Å². The molecule has 2 rings (SSSR count). The van der Waals surface area contributed by atoms with E-state index in [9.17, 15) is 9.59 Å². The molecule has 0 aliphatic heterocycles. The van der Waals surface area contributed by atoms with Crippen molar-refractivity contribution in [3.8, 4) is 11.8 Å². The average molecular weight is 379 g/mol. The zero-order chi connectivity index (χ0) is 20.9. The lowest BCUT2D eigenvalue weighted by atomic mass is 10.0. The zero-order valence-corrected chi connectivity index (χ0v) is 16.9. The molecule has 0 aliphatic rings. The molecule has 28 heavy (non-hydrogen) atoms. The summed E-state index contributed by atoms with van der Waals surface area (Å²) in [5.41, 5.74) is 4.00. The van der Waals surface area contributed by atoms with Crippen LogP contribution in [0.25, 0.3) is 0 Å². The summed E-state index contributed by atoms with van der Waals surface area (Å²) in [6, 6.07) is 13.7. The summed E-state index contributed by atoms with van der Waals surface area (Å²) in [6.07, 6.45) is 0.612. The SMILES string of the molecule is CCc1c(OC)cccc1C(=O)NN(C(=O)c1cccc(C#N)c1)C(C)(C)C. The van der Waals surface area contributed by atoms with Crippen molar-refractivity contribution in [3.63, 3.8) is 0 Å². The molecule has 1 N–H and O–H groups in total. The monoisotopic (exact) mass is 379 g/mol. The van der Waals surface area contributed by atoms with Crippen LogP contribution in [0.4, 0.5) is 0 Å². The summed E-state index contributed by atoms with van der Waals surface area (Å²) in [4.78, 5) is 26.1. The van der Waals surface area contributed by atoms with Crippen LogP contribution < -0.4 is 10.2 Å². The lowest BCUT2D eigenvalue weighted by molar-refractivity contribution is 0.0358. The van der Waals surface area contributed by atoms with E-state index in [0.29, 0.717) is 28.9 Å². The van der Waals surface area contributed by atoms with Crippen LogP contribution >= 0.6 is 0 Å². The summed E-state index contributed by atoms with van der Waals surface area (Å²) in [6.45, 7) is 7.41. The van der Waals surface area contributed by atoms with E-state index in [-0.39, 0.29) is 5.91 Å². The summed E-state index contributed by atoms with van der Waals surface area (Å²) in [5, 5.41) is 10.4. The number of nitriles is 1. The van der Waals surface area contributed by atoms with Crippen LogP contribution in [0, 0.1) is 11.3 Å². The zero-order valence-electron chi connectivity index (χ0n) is 16.9. The Morgan fingerprint density at radius 1 is 1.18 bits per heavy atom. The lowest BCUT2D eigenvalue weighted by Gasteiger charge is -2.35. The van der Waals surface area contributed by atoms with Gasteiger partial charge in [-0.3, -0.25) is 15.0 Å². The summed E-state index contributed by atoms with van der Waals surface area (Å²) in [7, 11) is 1.56. The third-order valence-electron chi connectivity index (χ3n) is 4.28. The Labute approximate surface area is 165 Å². The van der Waals surface area contributed by atoms with Crippen molar-refractivity contribution in [1.82, 2.24) is 10.4 Å². The molecule has 6 nitrogen and oxygen atoms in total. The Balaban J connectivity index is 2.39. The van der Waals surface area contributed by atoms with E-state index >= 15 is 0 Å². The molecule has 0 atom stereocenters. The van der Waals surface area contributed by atoms with Crippen LogP contribution in [0.5, 0.6) is 5.75 Å². The van der Waals surface area contributed by atoms with Gasteiger partial charge < -0.3 is 4.74 Å².